The smallest absolute Gasteiger partial charge is 0.219 e. The van der Waals surface area contributed by atoms with Gasteiger partial charge in [0.15, 0.2) is 5.78 Å². The third-order valence-electron chi connectivity index (χ3n) is 3.11. The lowest BCUT2D eigenvalue weighted by atomic mass is 10.1. The molecule has 1 amide bonds. The van der Waals surface area contributed by atoms with Crippen molar-refractivity contribution in [3.8, 4) is 0 Å². The number of amides is 1. The lowest BCUT2D eigenvalue weighted by molar-refractivity contribution is -0.117. The Morgan fingerprint density at radius 1 is 1.41 bits per heavy atom. The van der Waals surface area contributed by atoms with Crippen LogP contribution in [0.3, 0.4) is 0 Å². The van der Waals surface area contributed by atoms with Crippen LogP contribution >= 0.6 is 0 Å². The van der Waals surface area contributed by atoms with Crippen LogP contribution in [0.15, 0.2) is 18.2 Å². The van der Waals surface area contributed by atoms with Crippen molar-refractivity contribution in [2.24, 2.45) is 5.73 Å². The van der Waals surface area contributed by atoms with Crippen LogP contribution in [0.2, 0.25) is 0 Å². The molecule has 2 rings (SSSR count). The molecule has 1 aliphatic heterocycles. The fourth-order valence-electron chi connectivity index (χ4n) is 2.17. The summed E-state index contributed by atoms with van der Waals surface area (Å²) >= 11 is 0. The average molecular weight is 232 g/mol. The number of hydrogen-bond donors (Lipinski definition) is 1. The van der Waals surface area contributed by atoms with Crippen LogP contribution < -0.4 is 10.6 Å². The van der Waals surface area contributed by atoms with E-state index in [4.69, 9.17) is 5.73 Å². The molecular weight excluding hydrogens is 216 g/mol. The standard InChI is InChI=1S/C13H16N2O2/c1-9(16)10-2-3-12-11(8-10)4-6-15(12)7-5-13(14)17/h2-3,8H,4-7H2,1H3,(H2,14,17). The predicted molar refractivity (Wildman–Crippen MR) is 66.2 cm³/mol. The van der Waals surface area contributed by atoms with Crippen LogP contribution in [-0.2, 0) is 11.2 Å². The van der Waals surface area contributed by atoms with Crippen LogP contribution in [0, 0.1) is 0 Å². The highest BCUT2D eigenvalue weighted by atomic mass is 16.1. The van der Waals surface area contributed by atoms with E-state index < -0.39 is 0 Å². The molecule has 1 heterocycles. The first-order valence-corrected chi connectivity index (χ1v) is 5.75. The Bertz CT molecular complexity index is 468. The van der Waals surface area contributed by atoms with Crippen LogP contribution in [-0.4, -0.2) is 24.8 Å². The van der Waals surface area contributed by atoms with Crippen LogP contribution in [0.5, 0.6) is 0 Å². The number of nitrogens with two attached hydrogens (primary N) is 1. The highest BCUT2D eigenvalue weighted by Gasteiger charge is 2.19. The molecule has 0 saturated heterocycles. The molecule has 0 saturated carbocycles. The average Bonchev–Trinajstić information content (AvgIpc) is 2.68. The summed E-state index contributed by atoms with van der Waals surface area (Å²) in [6, 6.07) is 5.74. The van der Waals surface area contributed by atoms with E-state index in [1.54, 1.807) is 6.92 Å². The Labute approximate surface area is 100 Å². The first-order chi connectivity index (χ1) is 8.08. The van der Waals surface area contributed by atoms with Gasteiger partial charge in [-0.15, -0.1) is 0 Å². The number of carbonyl (C=O) groups is 2. The summed E-state index contributed by atoms with van der Waals surface area (Å²) in [4.78, 5) is 24.2. The summed E-state index contributed by atoms with van der Waals surface area (Å²) in [6.45, 7) is 3.12. The van der Waals surface area contributed by atoms with E-state index in [0.717, 1.165) is 24.2 Å². The molecule has 0 radical (unpaired) electrons. The molecule has 4 heteroatoms. The van der Waals surface area contributed by atoms with Gasteiger partial charge < -0.3 is 10.6 Å². The second-order valence-electron chi connectivity index (χ2n) is 4.35. The minimum absolute atomic E-state index is 0.0865. The molecule has 2 N–H and O–H groups in total. The first kappa shape index (κ1) is 11.6. The van der Waals surface area contributed by atoms with Crippen molar-refractivity contribution >= 4 is 17.4 Å². The van der Waals surface area contributed by atoms with Gasteiger partial charge in [0.05, 0.1) is 0 Å². The van der Waals surface area contributed by atoms with Crippen molar-refractivity contribution in [2.45, 2.75) is 19.8 Å². The fourth-order valence-corrected chi connectivity index (χ4v) is 2.17. The summed E-state index contributed by atoms with van der Waals surface area (Å²) in [5.41, 5.74) is 8.20. The first-order valence-electron chi connectivity index (χ1n) is 5.75. The summed E-state index contributed by atoms with van der Waals surface area (Å²) in [6.07, 6.45) is 1.29. The van der Waals surface area contributed by atoms with Gasteiger partial charge in [-0.25, -0.2) is 0 Å². The van der Waals surface area contributed by atoms with E-state index in [9.17, 15) is 9.59 Å². The Hall–Kier alpha value is -1.84. The molecule has 1 aromatic carbocycles. The van der Waals surface area contributed by atoms with Gasteiger partial charge in [-0.3, -0.25) is 9.59 Å². The van der Waals surface area contributed by atoms with Gasteiger partial charge in [0.2, 0.25) is 5.91 Å². The molecule has 0 unspecified atom stereocenters. The second-order valence-corrected chi connectivity index (χ2v) is 4.35. The van der Waals surface area contributed by atoms with E-state index in [1.807, 2.05) is 18.2 Å². The van der Waals surface area contributed by atoms with Crippen molar-refractivity contribution in [1.82, 2.24) is 0 Å². The van der Waals surface area contributed by atoms with Crippen molar-refractivity contribution in [3.63, 3.8) is 0 Å². The van der Waals surface area contributed by atoms with Gasteiger partial charge in [0.25, 0.3) is 0 Å². The zero-order valence-corrected chi connectivity index (χ0v) is 9.90. The third kappa shape index (κ3) is 2.46. The summed E-state index contributed by atoms with van der Waals surface area (Å²) in [5.74, 6) is -0.192. The molecule has 0 bridgehead atoms. The topological polar surface area (TPSA) is 63.4 Å². The van der Waals surface area contributed by atoms with Crippen LogP contribution in [0.4, 0.5) is 5.69 Å². The lowest BCUT2D eigenvalue weighted by Crippen LogP contribution is -2.26. The second kappa shape index (κ2) is 4.57. The lowest BCUT2D eigenvalue weighted by Gasteiger charge is -2.18. The van der Waals surface area contributed by atoms with Crippen LogP contribution in [0.25, 0.3) is 0 Å². The largest absolute Gasteiger partial charge is 0.370 e. The molecule has 1 aliphatic rings. The Balaban J connectivity index is 2.16. The molecule has 4 nitrogen and oxygen atoms in total. The zero-order chi connectivity index (χ0) is 12.4. The number of ketones is 1. The molecule has 0 spiro atoms. The Morgan fingerprint density at radius 3 is 2.82 bits per heavy atom. The number of anilines is 1. The zero-order valence-electron chi connectivity index (χ0n) is 9.90. The molecule has 17 heavy (non-hydrogen) atoms. The number of primary amides is 1. The third-order valence-corrected chi connectivity index (χ3v) is 3.11. The summed E-state index contributed by atoms with van der Waals surface area (Å²) in [7, 11) is 0. The van der Waals surface area contributed by atoms with Gasteiger partial charge in [0.1, 0.15) is 0 Å². The molecule has 1 aromatic rings. The van der Waals surface area contributed by atoms with Crippen LogP contribution in [0.1, 0.15) is 29.3 Å². The molecule has 0 atom stereocenters. The number of hydrogen-bond acceptors (Lipinski definition) is 3. The van der Waals surface area contributed by atoms with E-state index >= 15 is 0 Å². The number of nitrogens with zero attached hydrogens (tertiary/aromatic N) is 1. The number of fused-ring (bicyclic) bond motifs is 1. The maximum absolute atomic E-state index is 11.3. The number of carbonyl (C=O) groups excluding carboxylic acids is 2. The summed E-state index contributed by atoms with van der Waals surface area (Å²) < 4.78 is 0. The maximum atomic E-state index is 11.3. The quantitative estimate of drug-likeness (QED) is 0.791. The Morgan fingerprint density at radius 2 is 2.18 bits per heavy atom. The minimum Gasteiger partial charge on any atom is -0.370 e. The Kier molecular flexibility index (Phi) is 3.13. The number of rotatable bonds is 4. The highest BCUT2D eigenvalue weighted by Crippen LogP contribution is 2.28. The van der Waals surface area contributed by atoms with Crippen molar-refractivity contribution in [1.29, 1.82) is 0 Å². The minimum atomic E-state index is -0.279. The normalized spacial score (nSPS) is 13.6. The predicted octanol–water partition coefficient (Wildman–Crippen LogP) is 1.13. The summed E-state index contributed by atoms with van der Waals surface area (Å²) in [5, 5.41) is 0. The molecule has 0 fully saturated rings. The van der Waals surface area contributed by atoms with E-state index in [0.29, 0.717) is 13.0 Å². The monoisotopic (exact) mass is 232 g/mol. The molecule has 0 aromatic heterocycles. The van der Waals surface area contributed by atoms with Crippen molar-refractivity contribution in [3.05, 3.63) is 29.3 Å². The number of Topliss-reactive ketones (excluding diaryl/α,β-unsaturated/α-hetero) is 1. The van der Waals surface area contributed by atoms with E-state index in [2.05, 4.69) is 4.90 Å². The molecule has 90 valence electrons. The van der Waals surface area contributed by atoms with Gasteiger partial charge >= 0.3 is 0 Å². The van der Waals surface area contributed by atoms with Gasteiger partial charge in [-0.05, 0) is 37.1 Å². The highest BCUT2D eigenvalue weighted by molar-refractivity contribution is 5.94. The number of benzene rings is 1. The van der Waals surface area contributed by atoms with Gasteiger partial charge in [-0.2, -0.15) is 0 Å². The SMILES string of the molecule is CC(=O)c1ccc2c(c1)CCN2CCC(N)=O. The van der Waals surface area contributed by atoms with Gasteiger partial charge in [0, 0.05) is 30.8 Å². The van der Waals surface area contributed by atoms with E-state index in [1.165, 1.54) is 5.56 Å². The van der Waals surface area contributed by atoms with E-state index in [-0.39, 0.29) is 11.7 Å². The fraction of sp³-hybridized carbons (Fsp3) is 0.385. The maximum Gasteiger partial charge on any atom is 0.219 e. The molecule has 0 aliphatic carbocycles. The molecular formula is C13H16N2O2. The van der Waals surface area contributed by atoms with Gasteiger partial charge in [-0.1, -0.05) is 0 Å². The van der Waals surface area contributed by atoms with Crippen molar-refractivity contribution < 1.29 is 9.59 Å². The van der Waals surface area contributed by atoms with Crippen molar-refractivity contribution in [2.75, 3.05) is 18.0 Å².